The predicted molar refractivity (Wildman–Crippen MR) is 128 cm³/mol. The van der Waals surface area contributed by atoms with Crippen LogP contribution in [0.4, 0.5) is 4.39 Å². The summed E-state index contributed by atoms with van der Waals surface area (Å²) in [6, 6.07) is 18.2. The van der Waals surface area contributed by atoms with Gasteiger partial charge in [0.15, 0.2) is 4.90 Å². The normalized spacial score (nSPS) is 12.2. The van der Waals surface area contributed by atoms with Crippen molar-refractivity contribution in [3.05, 3.63) is 88.9 Å². The number of benzene rings is 3. The van der Waals surface area contributed by atoms with Crippen LogP contribution in [0.5, 0.6) is 0 Å². The minimum atomic E-state index is -1.00. The van der Waals surface area contributed by atoms with Crippen molar-refractivity contribution >= 4 is 28.0 Å². The number of amides is 1. The third-order valence-electron chi connectivity index (χ3n) is 5.76. The van der Waals surface area contributed by atoms with Gasteiger partial charge >= 0.3 is 0 Å². The molecule has 0 aliphatic carbocycles. The highest BCUT2D eigenvalue weighted by molar-refractivity contribution is 7.90. The van der Waals surface area contributed by atoms with Gasteiger partial charge in [-0.3, -0.25) is 4.79 Å². The van der Waals surface area contributed by atoms with Crippen LogP contribution in [0.15, 0.2) is 65.6 Å². The maximum atomic E-state index is 14.1. The Morgan fingerprint density at radius 3 is 2.25 bits per heavy atom. The monoisotopic (exact) mass is 448 g/mol. The standard InChI is InChI=1S/C26H25FN2O2S/c1-16-4-13-23(27)25-24(16)22(17(2)29-25)14-15-28-26(30)20-7-5-18(6-8-20)19-9-11-21(12-10-19)32(3)31/h4-13,29H,14-15H2,1-3H3,(H,28,30). The Morgan fingerprint density at radius 2 is 1.62 bits per heavy atom. The van der Waals surface area contributed by atoms with Gasteiger partial charge in [-0.05, 0) is 96.2 Å². The van der Waals surface area contributed by atoms with Crippen molar-refractivity contribution in [3.8, 4) is 11.1 Å². The molecule has 0 saturated carbocycles. The Hall–Kier alpha value is -3.09. The summed E-state index contributed by atoms with van der Waals surface area (Å²) >= 11 is -1.00. The molecule has 0 saturated heterocycles. The van der Waals surface area contributed by atoms with Crippen molar-refractivity contribution in [1.82, 2.24) is 10.3 Å². The van der Waals surface area contributed by atoms with Crippen LogP contribution >= 0.6 is 0 Å². The van der Waals surface area contributed by atoms with Gasteiger partial charge in [-0.15, -0.1) is 0 Å². The van der Waals surface area contributed by atoms with E-state index in [1.165, 1.54) is 6.07 Å². The maximum Gasteiger partial charge on any atom is 0.251 e. The van der Waals surface area contributed by atoms with Crippen LogP contribution in [0.2, 0.25) is 0 Å². The minimum absolute atomic E-state index is 0.145. The molecular formula is C26H25FN2O2S. The molecule has 4 nitrogen and oxygen atoms in total. The van der Waals surface area contributed by atoms with Gasteiger partial charge in [-0.25, -0.2) is 4.39 Å². The van der Waals surface area contributed by atoms with E-state index >= 15 is 0 Å². The number of hydrogen-bond acceptors (Lipinski definition) is 2. The molecule has 1 atom stereocenters. The fourth-order valence-electron chi connectivity index (χ4n) is 4.01. The molecule has 1 aromatic heterocycles. The molecule has 0 bridgehead atoms. The highest BCUT2D eigenvalue weighted by Gasteiger charge is 2.14. The molecule has 1 unspecified atom stereocenters. The number of nitrogens with one attached hydrogen (secondary N) is 2. The van der Waals surface area contributed by atoms with E-state index in [0.29, 0.717) is 24.0 Å². The molecule has 0 spiro atoms. The zero-order chi connectivity index (χ0) is 22.8. The Balaban J connectivity index is 1.41. The Morgan fingerprint density at radius 1 is 1.00 bits per heavy atom. The van der Waals surface area contributed by atoms with Gasteiger partial charge in [-0.1, -0.05) is 18.2 Å². The molecule has 1 amide bonds. The molecule has 32 heavy (non-hydrogen) atoms. The number of carbonyl (C=O) groups is 1. The quantitative estimate of drug-likeness (QED) is 0.393. The average molecular weight is 449 g/mol. The molecule has 4 aromatic rings. The summed E-state index contributed by atoms with van der Waals surface area (Å²) < 4.78 is 25.7. The topological polar surface area (TPSA) is 68.0 Å². The number of halogens is 1. The molecule has 0 radical (unpaired) electrons. The number of H-pyrrole nitrogens is 1. The van der Waals surface area contributed by atoms with Gasteiger partial charge < -0.3 is 14.9 Å². The summed E-state index contributed by atoms with van der Waals surface area (Å²) in [6.07, 6.45) is 2.27. The van der Waals surface area contributed by atoms with Gasteiger partial charge in [0, 0.05) is 23.2 Å². The number of aromatic nitrogens is 1. The van der Waals surface area contributed by atoms with Gasteiger partial charge in [0.05, 0.1) is 5.52 Å². The predicted octanol–water partition coefficient (Wildman–Crippen LogP) is 5.30. The second-order valence-electron chi connectivity index (χ2n) is 7.90. The molecule has 0 aliphatic rings. The number of aryl methyl sites for hydroxylation is 2. The van der Waals surface area contributed by atoms with Crippen LogP contribution in [0.1, 0.15) is 27.2 Å². The van der Waals surface area contributed by atoms with Crippen LogP contribution < -0.4 is 5.32 Å². The van der Waals surface area contributed by atoms with Gasteiger partial charge in [0.25, 0.3) is 5.91 Å². The van der Waals surface area contributed by atoms with Crippen LogP contribution in [-0.4, -0.2) is 28.2 Å². The first kappa shape index (κ1) is 22.1. The van der Waals surface area contributed by atoms with Gasteiger partial charge in [-0.2, -0.15) is 0 Å². The molecule has 0 fully saturated rings. The third-order valence-corrected chi connectivity index (χ3v) is 6.69. The maximum absolute atomic E-state index is 14.1. The molecule has 164 valence electrons. The van der Waals surface area contributed by atoms with E-state index < -0.39 is 11.2 Å². The molecular weight excluding hydrogens is 423 g/mol. The lowest BCUT2D eigenvalue weighted by atomic mass is 10.0. The van der Waals surface area contributed by atoms with E-state index in [9.17, 15) is 13.7 Å². The SMILES string of the molecule is Cc1[nH]c2c(F)ccc(C)c2c1CCNC(=O)c1ccc(-c2ccc([S+](C)[O-])cc2)cc1. The summed E-state index contributed by atoms with van der Waals surface area (Å²) in [5.41, 5.74) is 6.07. The summed E-state index contributed by atoms with van der Waals surface area (Å²) in [5, 5.41) is 3.86. The average Bonchev–Trinajstić information content (AvgIpc) is 3.14. The van der Waals surface area contributed by atoms with E-state index in [4.69, 9.17) is 0 Å². The Kier molecular flexibility index (Phi) is 6.35. The molecule has 0 aliphatic heterocycles. The second kappa shape index (κ2) is 9.18. The summed E-state index contributed by atoms with van der Waals surface area (Å²) in [7, 11) is 0. The van der Waals surface area contributed by atoms with Gasteiger partial charge in [0.1, 0.15) is 12.1 Å². The summed E-state index contributed by atoms with van der Waals surface area (Å²) in [4.78, 5) is 16.5. The van der Waals surface area contributed by atoms with Crippen molar-refractivity contribution in [2.45, 2.75) is 25.2 Å². The number of carbonyl (C=O) groups excluding carboxylic acids is 1. The molecule has 3 aromatic carbocycles. The lowest BCUT2D eigenvalue weighted by molar-refractivity contribution is 0.0954. The summed E-state index contributed by atoms with van der Waals surface area (Å²) in [5.74, 6) is -0.407. The number of hydrogen-bond donors (Lipinski definition) is 2. The van der Waals surface area contributed by atoms with Crippen molar-refractivity contribution in [2.75, 3.05) is 12.8 Å². The minimum Gasteiger partial charge on any atom is -0.612 e. The van der Waals surface area contributed by atoms with E-state index in [-0.39, 0.29) is 11.7 Å². The van der Waals surface area contributed by atoms with Crippen LogP contribution in [0.3, 0.4) is 0 Å². The van der Waals surface area contributed by atoms with E-state index in [0.717, 1.165) is 38.2 Å². The fraction of sp³-hybridized carbons (Fsp3) is 0.192. The second-order valence-corrected chi connectivity index (χ2v) is 9.28. The number of aromatic amines is 1. The lowest BCUT2D eigenvalue weighted by Crippen LogP contribution is -2.25. The fourth-order valence-corrected chi connectivity index (χ4v) is 4.53. The Bertz CT molecular complexity index is 1260. The number of fused-ring (bicyclic) bond motifs is 1. The third kappa shape index (κ3) is 4.42. The molecule has 2 N–H and O–H groups in total. The van der Waals surface area contributed by atoms with Crippen molar-refractivity contribution in [2.24, 2.45) is 0 Å². The van der Waals surface area contributed by atoms with E-state index in [1.54, 1.807) is 24.5 Å². The smallest absolute Gasteiger partial charge is 0.251 e. The highest BCUT2D eigenvalue weighted by atomic mass is 32.2. The first-order valence-corrected chi connectivity index (χ1v) is 12.0. The van der Waals surface area contributed by atoms with Crippen LogP contribution in [0.25, 0.3) is 22.0 Å². The first-order valence-electron chi connectivity index (χ1n) is 10.4. The Labute approximate surface area is 190 Å². The van der Waals surface area contributed by atoms with Crippen LogP contribution in [0, 0.1) is 19.7 Å². The van der Waals surface area contributed by atoms with Crippen molar-refractivity contribution < 1.29 is 13.7 Å². The highest BCUT2D eigenvalue weighted by Crippen LogP contribution is 2.28. The molecule has 6 heteroatoms. The van der Waals surface area contributed by atoms with E-state index in [1.807, 2.05) is 50.2 Å². The summed E-state index contributed by atoms with van der Waals surface area (Å²) in [6.45, 7) is 4.35. The zero-order valence-corrected chi connectivity index (χ0v) is 19.1. The van der Waals surface area contributed by atoms with Gasteiger partial charge in [0.2, 0.25) is 0 Å². The van der Waals surface area contributed by atoms with Crippen molar-refractivity contribution in [3.63, 3.8) is 0 Å². The number of rotatable bonds is 6. The lowest BCUT2D eigenvalue weighted by Gasteiger charge is -2.09. The zero-order valence-electron chi connectivity index (χ0n) is 18.3. The van der Waals surface area contributed by atoms with Crippen molar-refractivity contribution in [1.29, 1.82) is 0 Å². The molecule has 4 rings (SSSR count). The largest absolute Gasteiger partial charge is 0.612 e. The molecule has 1 heterocycles. The van der Waals surface area contributed by atoms with E-state index in [2.05, 4.69) is 10.3 Å². The van der Waals surface area contributed by atoms with Crippen LogP contribution in [-0.2, 0) is 17.6 Å². The first-order chi connectivity index (χ1) is 15.3.